The van der Waals surface area contributed by atoms with Gasteiger partial charge in [0.15, 0.2) is 5.69 Å². The van der Waals surface area contributed by atoms with Crippen LogP contribution in [-0.2, 0) is 0 Å². The lowest BCUT2D eigenvalue weighted by Crippen LogP contribution is -2.21. The first-order valence-electron chi connectivity index (χ1n) is 7.24. The van der Waals surface area contributed by atoms with Crippen LogP contribution in [0, 0.1) is 0 Å². The van der Waals surface area contributed by atoms with E-state index in [0.29, 0.717) is 11.3 Å². The molecule has 0 unspecified atom stereocenters. The van der Waals surface area contributed by atoms with Crippen molar-refractivity contribution in [2.45, 2.75) is 0 Å². The van der Waals surface area contributed by atoms with Gasteiger partial charge in [0.1, 0.15) is 0 Å². The van der Waals surface area contributed by atoms with Crippen LogP contribution in [0.25, 0.3) is 5.69 Å². The van der Waals surface area contributed by atoms with Crippen molar-refractivity contribution in [2.24, 2.45) is 0 Å². The second-order valence-corrected chi connectivity index (χ2v) is 5.25. The van der Waals surface area contributed by atoms with Gasteiger partial charge in [-0.25, -0.2) is 4.68 Å². The summed E-state index contributed by atoms with van der Waals surface area (Å²) in [5.74, 6) is -0.714. The van der Waals surface area contributed by atoms with Gasteiger partial charge in [-0.1, -0.05) is 6.07 Å². The highest BCUT2D eigenvalue weighted by molar-refractivity contribution is 6.02. The number of nitrogens with one attached hydrogen (secondary N) is 1. The van der Waals surface area contributed by atoms with E-state index in [2.05, 4.69) is 10.4 Å². The summed E-state index contributed by atoms with van der Waals surface area (Å²) in [6.45, 7) is 0. The molecule has 0 saturated carbocycles. The van der Waals surface area contributed by atoms with E-state index in [-0.39, 0.29) is 11.6 Å². The van der Waals surface area contributed by atoms with Gasteiger partial charge < -0.3 is 10.2 Å². The highest BCUT2D eigenvalue weighted by Crippen LogP contribution is 2.09. The first-order chi connectivity index (χ1) is 11.4. The fourth-order valence-corrected chi connectivity index (χ4v) is 1.95. The number of nitrogens with zero attached hydrogens (tertiary/aromatic N) is 3. The predicted molar refractivity (Wildman–Crippen MR) is 90.4 cm³/mol. The minimum absolute atomic E-state index is 0.180. The largest absolute Gasteiger partial charge is 0.383 e. The first kappa shape index (κ1) is 17.1. The Morgan fingerprint density at radius 2 is 2.00 bits per heavy atom. The van der Waals surface area contributed by atoms with Crippen LogP contribution in [0.2, 0.25) is 0 Å². The van der Waals surface area contributed by atoms with Crippen molar-refractivity contribution in [3.8, 4) is 5.69 Å². The van der Waals surface area contributed by atoms with Crippen LogP contribution < -0.4 is 10.7 Å². The smallest absolute Gasteiger partial charge is 0.251 e. The predicted octanol–water partition coefficient (Wildman–Crippen LogP) is 0.850. The Hall–Kier alpha value is -3.22. The fourth-order valence-electron chi connectivity index (χ4n) is 1.95. The molecule has 0 spiro atoms. The van der Waals surface area contributed by atoms with Crippen molar-refractivity contribution in [1.29, 1.82) is 0 Å². The monoisotopic (exact) mass is 326 g/mol. The molecule has 1 N–H and O–H groups in total. The van der Waals surface area contributed by atoms with Crippen LogP contribution in [0.3, 0.4) is 0 Å². The molecule has 0 fully saturated rings. The molecular formula is C17H18N4O3. The van der Waals surface area contributed by atoms with Gasteiger partial charge in [0, 0.05) is 51.2 Å². The van der Waals surface area contributed by atoms with Crippen LogP contribution in [0.1, 0.15) is 20.8 Å². The molecule has 0 radical (unpaired) electrons. The van der Waals surface area contributed by atoms with Gasteiger partial charge in [-0.15, -0.1) is 0 Å². The maximum Gasteiger partial charge on any atom is 0.251 e. The number of carbonyl (C=O) groups excluding carboxylic acids is 2. The number of allylic oxidation sites excluding steroid dienone is 1. The lowest BCUT2D eigenvalue weighted by atomic mass is 10.2. The molecular weight excluding hydrogens is 308 g/mol. The molecule has 7 heteroatoms. The summed E-state index contributed by atoms with van der Waals surface area (Å²) >= 11 is 0. The Balaban J connectivity index is 2.43. The van der Waals surface area contributed by atoms with Crippen LogP contribution in [-0.4, -0.2) is 47.5 Å². The molecule has 1 aromatic carbocycles. The van der Waals surface area contributed by atoms with E-state index in [4.69, 9.17) is 0 Å². The zero-order valence-electron chi connectivity index (χ0n) is 13.7. The van der Waals surface area contributed by atoms with Crippen molar-refractivity contribution in [3.05, 3.63) is 70.3 Å². The molecule has 124 valence electrons. The van der Waals surface area contributed by atoms with Crippen molar-refractivity contribution in [2.75, 3.05) is 21.1 Å². The highest BCUT2D eigenvalue weighted by Gasteiger charge is 2.11. The van der Waals surface area contributed by atoms with Crippen LogP contribution in [0.5, 0.6) is 0 Å². The normalized spacial score (nSPS) is 10.6. The molecule has 0 bridgehead atoms. The van der Waals surface area contributed by atoms with Gasteiger partial charge in [-0.2, -0.15) is 5.10 Å². The molecule has 0 saturated heterocycles. The lowest BCUT2D eigenvalue weighted by Gasteiger charge is -2.08. The van der Waals surface area contributed by atoms with E-state index in [1.54, 1.807) is 56.5 Å². The van der Waals surface area contributed by atoms with E-state index in [9.17, 15) is 14.4 Å². The van der Waals surface area contributed by atoms with Gasteiger partial charge in [0.05, 0.1) is 5.69 Å². The summed E-state index contributed by atoms with van der Waals surface area (Å²) in [4.78, 5) is 37.4. The Kier molecular flexibility index (Phi) is 5.26. The Morgan fingerprint density at radius 3 is 2.67 bits per heavy atom. The second kappa shape index (κ2) is 7.36. The number of hydrogen-bond donors (Lipinski definition) is 1. The molecule has 2 aromatic rings. The molecule has 0 atom stereocenters. The molecule has 0 aliphatic heterocycles. The number of amides is 1. The van der Waals surface area contributed by atoms with E-state index >= 15 is 0 Å². The first-order valence-corrected chi connectivity index (χ1v) is 7.24. The van der Waals surface area contributed by atoms with Crippen LogP contribution in [0.4, 0.5) is 0 Å². The van der Waals surface area contributed by atoms with E-state index < -0.39 is 11.2 Å². The number of aromatic nitrogens is 2. The van der Waals surface area contributed by atoms with Gasteiger partial charge >= 0.3 is 0 Å². The molecule has 1 aromatic heterocycles. The van der Waals surface area contributed by atoms with Gasteiger partial charge in [0.2, 0.25) is 11.2 Å². The zero-order chi connectivity index (χ0) is 17.7. The number of carbonyl (C=O) groups is 2. The molecule has 24 heavy (non-hydrogen) atoms. The summed E-state index contributed by atoms with van der Waals surface area (Å²) in [5, 5.41) is 6.64. The minimum Gasteiger partial charge on any atom is -0.383 e. The average molecular weight is 326 g/mol. The SMILES string of the molecule is CNC(=O)c1cccc(-n2ccc(=O)c(C(=O)C=CN(C)C)n2)c1. The minimum atomic E-state index is -0.481. The topological polar surface area (TPSA) is 84.3 Å². The summed E-state index contributed by atoms with van der Waals surface area (Å²) in [5.41, 5.74) is 0.390. The lowest BCUT2D eigenvalue weighted by molar-refractivity contribution is 0.0962. The van der Waals surface area contributed by atoms with Crippen LogP contribution in [0.15, 0.2) is 53.6 Å². The number of rotatable bonds is 5. The summed E-state index contributed by atoms with van der Waals surface area (Å²) in [6, 6.07) is 7.99. The third kappa shape index (κ3) is 3.95. The molecule has 7 nitrogen and oxygen atoms in total. The van der Waals surface area contributed by atoms with E-state index in [1.165, 1.54) is 23.0 Å². The van der Waals surface area contributed by atoms with Gasteiger partial charge in [-0.05, 0) is 18.2 Å². The average Bonchev–Trinajstić information content (AvgIpc) is 2.59. The zero-order valence-corrected chi connectivity index (χ0v) is 13.7. The maximum absolute atomic E-state index is 12.1. The molecule has 0 aliphatic rings. The maximum atomic E-state index is 12.1. The van der Waals surface area contributed by atoms with Gasteiger partial charge in [-0.3, -0.25) is 14.4 Å². The Bertz CT molecular complexity index is 853. The molecule has 1 heterocycles. The highest BCUT2D eigenvalue weighted by atomic mass is 16.2. The number of hydrogen-bond acceptors (Lipinski definition) is 5. The Morgan fingerprint density at radius 1 is 1.25 bits per heavy atom. The van der Waals surface area contributed by atoms with Crippen LogP contribution >= 0.6 is 0 Å². The summed E-state index contributed by atoms with van der Waals surface area (Å²) in [7, 11) is 5.08. The van der Waals surface area contributed by atoms with Gasteiger partial charge in [0.25, 0.3) is 5.91 Å². The van der Waals surface area contributed by atoms with Crippen molar-refractivity contribution < 1.29 is 9.59 Å². The second-order valence-electron chi connectivity index (χ2n) is 5.25. The molecule has 0 aliphatic carbocycles. The van der Waals surface area contributed by atoms with E-state index in [1.807, 2.05) is 0 Å². The van der Waals surface area contributed by atoms with Crippen molar-refractivity contribution in [1.82, 2.24) is 20.0 Å². The standard InChI is InChI=1S/C17H18N4O3/c1-18-17(24)12-5-4-6-13(11-12)21-10-8-15(23)16(19-21)14(22)7-9-20(2)3/h4-11H,1-3H3,(H,18,24). The third-order valence-electron chi connectivity index (χ3n) is 3.17. The Labute approximate surface area is 139 Å². The molecule has 1 amide bonds. The van der Waals surface area contributed by atoms with E-state index in [0.717, 1.165) is 0 Å². The number of benzene rings is 1. The summed E-state index contributed by atoms with van der Waals surface area (Å²) < 4.78 is 1.39. The summed E-state index contributed by atoms with van der Waals surface area (Å²) in [6.07, 6.45) is 4.29. The number of ketones is 1. The fraction of sp³-hybridized carbons (Fsp3) is 0.176. The quantitative estimate of drug-likeness (QED) is 0.650. The molecule has 2 rings (SSSR count). The third-order valence-corrected chi connectivity index (χ3v) is 3.17. The van der Waals surface area contributed by atoms with Crippen molar-refractivity contribution >= 4 is 11.7 Å². The van der Waals surface area contributed by atoms with Crippen molar-refractivity contribution in [3.63, 3.8) is 0 Å².